The van der Waals surface area contributed by atoms with Crippen molar-refractivity contribution in [3.8, 4) is 5.69 Å². The topological polar surface area (TPSA) is 55.9 Å². The molecule has 0 bridgehead atoms. The van der Waals surface area contributed by atoms with Gasteiger partial charge in [0.05, 0.1) is 17.4 Å². The van der Waals surface area contributed by atoms with E-state index < -0.39 is 0 Å². The lowest BCUT2D eigenvalue weighted by Gasteiger charge is -2.34. The van der Waals surface area contributed by atoms with E-state index in [-0.39, 0.29) is 0 Å². The maximum Gasteiger partial charge on any atom is 0.144 e. The highest BCUT2D eigenvalue weighted by atomic mass is 16.3. The van der Waals surface area contributed by atoms with E-state index in [2.05, 4.69) is 38.8 Å². The lowest BCUT2D eigenvalue weighted by molar-refractivity contribution is 0.105. The largest absolute Gasteiger partial charge is 0.396 e. The summed E-state index contributed by atoms with van der Waals surface area (Å²) < 4.78 is 4.30. The molecule has 2 aliphatic rings. The van der Waals surface area contributed by atoms with E-state index in [0.717, 1.165) is 23.9 Å². The summed E-state index contributed by atoms with van der Waals surface area (Å²) in [6.07, 6.45) is 10.7. The van der Waals surface area contributed by atoms with Crippen LogP contribution in [0.15, 0.2) is 36.8 Å². The van der Waals surface area contributed by atoms with Gasteiger partial charge in [-0.1, -0.05) is 0 Å². The van der Waals surface area contributed by atoms with Gasteiger partial charge >= 0.3 is 0 Å². The Kier molecular flexibility index (Phi) is 2.85. The molecule has 0 unspecified atom stereocenters. The third-order valence-corrected chi connectivity index (χ3v) is 5.26. The van der Waals surface area contributed by atoms with Crippen molar-refractivity contribution < 1.29 is 5.11 Å². The fourth-order valence-corrected chi connectivity index (χ4v) is 3.64. The van der Waals surface area contributed by atoms with Crippen molar-refractivity contribution in [2.45, 2.75) is 37.6 Å². The molecule has 0 amide bonds. The Labute approximate surface area is 134 Å². The van der Waals surface area contributed by atoms with Crippen molar-refractivity contribution in [3.05, 3.63) is 42.5 Å². The van der Waals surface area contributed by atoms with Crippen LogP contribution in [-0.2, 0) is 0 Å². The molecule has 5 nitrogen and oxygen atoms in total. The Hall–Kier alpha value is -2.14. The zero-order valence-corrected chi connectivity index (χ0v) is 13.0. The zero-order valence-electron chi connectivity index (χ0n) is 13.0. The summed E-state index contributed by atoms with van der Waals surface area (Å²) in [5, 5.41) is 15.3. The van der Waals surface area contributed by atoms with Gasteiger partial charge in [0.2, 0.25) is 0 Å². The van der Waals surface area contributed by atoms with Gasteiger partial charge in [-0.15, -0.1) is 0 Å². The van der Waals surface area contributed by atoms with Crippen LogP contribution in [0.25, 0.3) is 16.7 Å². The highest BCUT2D eigenvalue weighted by Crippen LogP contribution is 2.44. The van der Waals surface area contributed by atoms with E-state index in [1.165, 1.54) is 24.2 Å². The first-order valence-corrected chi connectivity index (χ1v) is 8.46. The lowest BCUT2D eigenvalue weighted by atomic mass is 9.81. The van der Waals surface area contributed by atoms with Crippen molar-refractivity contribution in [2.75, 3.05) is 6.61 Å². The molecule has 3 heterocycles. The minimum Gasteiger partial charge on any atom is -0.396 e. The molecule has 0 atom stereocenters. The first-order valence-electron chi connectivity index (χ1n) is 8.46. The summed E-state index contributed by atoms with van der Waals surface area (Å²) in [7, 11) is 0. The molecule has 3 aromatic heterocycles. The normalized spacial score (nSPS) is 24.0. The van der Waals surface area contributed by atoms with E-state index in [4.69, 9.17) is 5.10 Å². The Bertz CT molecular complexity index is 855. The van der Waals surface area contributed by atoms with Crippen LogP contribution in [0.3, 0.4) is 0 Å². The van der Waals surface area contributed by atoms with Gasteiger partial charge in [-0.2, -0.15) is 5.10 Å². The molecule has 2 aliphatic carbocycles. The standard InChI is InChI=1S/C18H20N4O/c23-11-12-8-15(9-12)22-10-16(17(20-22)13-3-4-13)21-7-5-14-2-1-6-19-18(14)21/h1-2,5-7,10,12-13,15,23H,3-4,8-9,11H2/t12-,15-. The highest BCUT2D eigenvalue weighted by Gasteiger charge is 2.34. The summed E-state index contributed by atoms with van der Waals surface area (Å²) in [4.78, 5) is 4.54. The highest BCUT2D eigenvalue weighted by molar-refractivity contribution is 5.78. The molecular formula is C18H20N4O. The second kappa shape index (κ2) is 4.93. The number of hydrogen-bond donors (Lipinski definition) is 1. The molecule has 0 aliphatic heterocycles. The first-order chi connectivity index (χ1) is 11.3. The van der Waals surface area contributed by atoms with Gasteiger partial charge in [0.1, 0.15) is 5.65 Å². The van der Waals surface area contributed by atoms with Crippen LogP contribution in [-0.4, -0.2) is 31.0 Å². The minimum absolute atomic E-state index is 0.298. The molecule has 2 fully saturated rings. The third-order valence-electron chi connectivity index (χ3n) is 5.26. The Morgan fingerprint density at radius 2 is 2.09 bits per heavy atom. The van der Waals surface area contributed by atoms with Crippen LogP contribution in [0.2, 0.25) is 0 Å². The number of pyridine rings is 1. The van der Waals surface area contributed by atoms with Crippen LogP contribution in [0.4, 0.5) is 0 Å². The Balaban J connectivity index is 1.58. The van der Waals surface area contributed by atoms with Crippen molar-refractivity contribution in [3.63, 3.8) is 0 Å². The predicted molar refractivity (Wildman–Crippen MR) is 87.7 cm³/mol. The molecule has 3 aromatic rings. The number of aliphatic hydroxyl groups is 1. The van der Waals surface area contributed by atoms with Crippen molar-refractivity contribution >= 4 is 11.0 Å². The molecular weight excluding hydrogens is 288 g/mol. The molecule has 5 rings (SSSR count). The molecule has 118 valence electrons. The third kappa shape index (κ3) is 2.10. The van der Waals surface area contributed by atoms with Gasteiger partial charge in [-0.05, 0) is 49.8 Å². The number of aliphatic hydroxyl groups excluding tert-OH is 1. The van der Waals surface area contributed by atoms with E-state index in [9.17, 15) is 5.11 Å². The maximum absolute atomic E-state index is 9.24. The fourth-order valence-electron chi connectivity index (χ4n) is 3.64. The van der Waals surface area contributed by atoms with Crippen molar-refractivity contribution in [1.82, 2.24) is 19.3 Å². The van der Waals surface area contributed by atoms with Gasteiger partial charge in [0.25, 0.3) is 0 Å². The molecule has 0 saturated heterocycles. The summed E-state index contributed by atoms with van der Waals surface area (Å²) in [6, 6.07) is 6.62. The first kappa shape index (κ1) is 13.3. The van der Waals surface area contributed by atoms with Gasteiger partial charge in [0, 0.05) is 36.5 Å². The van der Waals surface area contributed by atoms with E-state index in [1.54, 1.807) is 0 Å². The molecule has 23 heavy (non-hydrogen) atoms. The number of aromatic nitrogens is 4. The second-order valence-corrected chi connectivity index (χ2v) is 6.93. The smallest absolute Gasteiger partial charge is 0.144 e. The monoisotopic (exact) mass is 308 g/mol. The van der Waals surface area contributed by atoms with Crippen LogP contribution < -0.4 is 0 Å². The molecule has 0 radical (unpaired) electrons. The zero-order chi connectivity index (χ0) is 15.4. The molecule has 1 N–H and O–H groups in total. The number of fused-ring (bicyclic) bond motifs is 1. The van der Waals surface area contributed by atoms with E-state index >= 15 is 0 Å². The van der Waals surface area contributed by atoms with Crippen LogP contribution in [0.5, 0.6) is 0 Å². The molecule has 0 aromatic carbocycles. The lowest BCUT2D eigenvalue weighted by Crippen LogP contribution is -2.29. The maximum atomic E-state index is 9.24. The number of nitrogens with zero attached hydrogens (tertiary/aromatic N) is 4. The summed E-state index contributed by atoms with van der Waals surface area (Å²) in [5.41, 5.74) is 3.38. The van der Waals surface area contributed by atoms with Gasteiger partial charge in [-0.25, -0.2) is 4.98 Å². The van der Waals surface area contributed by atoms with Gasteiger partial charge in [-0.3, -0.25) is 9.25 Å². The number of rotatable bonds is 4. The Morgan fingerprint density at radius 1 is 1.22 bits per heavy atom. The van der Waals surface area contributed by atoms with E-state index in [0.29, 0.717) is 24.5 Å². The molecule has 2 saturated carbocycles. The average Bonchev–Trinajstić information content (AvgIpc) is 3.15. The van der Waals surface area contributed by atoms with Crippen molar-refractivity contribution in [1.29, 1.82) is 0 Å². The van der Waals surface area contributed by atoms with Crippen LogP contribution in [0, 0.1) is 5.92 Å². The predicted octanol–water partition coefficient (Wildman–Crippen LogP) is 3.04. The molecule has 5 heteroatoms. The van der Waals surface area contributed by atoms with Gasteiger partial charge in [0.15, 0.2) is 0 Å². The number of hydrogen-bond acceptors (Lipinski definition) is 3. The van der Waals surface area contributed by atoms with Crippen molar-refractivity contribution in [2.24, 2.45) is 5.92 Å². The second-order valence-electron chi connectivity index (χ2n) is 6.93. The summed E-state index contributed by atoms with van der Waals surface area (Å²) >= 11 is 0. The molecule has 0 spiro atoms. The summed E-state index contributed by atoms with van der Waals surface area (Å²) in [6.45, 7) is 0.298. The Morgan fingerprint density at radius 3 is 2.87 bits per heavy atom. The minimum atomic E-state index is 0.298. The summed E-state index contributed by atoms with van der Waals surface area (Å²) in [5.74, 6) is 1.05. The fraction of sp³-hybridized carbons (Fsp3) is 0.444. The van der Waals surface area contributed by atoms with Crippen LogP contribution in [0.1, 0.15) is 43.3 Å². The average molecular weight is 308 g/mol. The SMILES string of the molecule is OC[C@H]1C[C@H](n2cc(-n3ccc4cccnc43)c(C3CC3)n2)C1. The quantitative estimate of drug-likeness (QED) is 0.806. The van der Waals surface area contributed by atoms with Crippen LogP contribution >= 0.6 is 0 Å². The van der Waals surface area contributed by atoms with E-state index in [1.807, 2.05) is 12.3 Å². The van der Waals surface area contributed by atoms with Gasteiger partial charge < -0.3 is 5.11 Å².